The number of hydrogen-bond acceptors (Lipinski definition) is 8. The molecule has 26 heavy (non-hydrogen) atoms. The molecule has 3 aromatic rings. The lowest BCUT2D eigenvalue weighted by Gasteiger charge is -2.08. The van der Waals surface area contributed by atoms with Crippen molar-refractivity contribution in [2.75, 3.05) is 14.2 Å². The molecule has 9 nitrogen and oxygen atoms in total. The SMILES string of the molecule is COC(=O)c1nnn(Cc2cc(=O)oc3cc(Cl)ccc23)c1C(=O)OC. The Balaban J connectivity index is 2.14. The zero-order valence-corrected chi connectivity index (χ0v) is 14.4. The molecule has 0 amide bonds. The molecular weight excluding hydrogens is 366 g/mol. The minimum Gasteiger partial charge on any atom is -0.464 e. The van der Waals surface area contributed by atoms with Crippen molar-refractivity contribution >= 4 is 34.5 Å². The fourth-order valence-electron chi connectivity index (χ4n) is 2.45. The van der Waals surface area contributed by atoms with Crippen LogP contribution in [-0.4, -0.2) is 41.2 Å². The Bertz CT molecular complexity index is 1070. The molecule has 0 saturated carbocycles. The van der Waals surface area contributed by atoms with Gasteiger partial charge < -0.3 is 13.9 Å². The quantitative estimate of drug-likeness (QED) is 0.498. The van der Waals surface area contributed by atoms with Crippen LogP contribution in [0.5, 0.6) is 0 Å². The Kier molecular flexibility index (Phi) is 4.72. The van der Waals surface area contributed by atoms with E-state index in [1.807, 2.05) is 0 Å². The van der Waals surface area contributed by atoms with Crippen molar-refractivity contribution in [3.8, 4) is 0 Å². The van der Waals surface area contributed by atoms with Crippen LogP contribution < -0.4 is 5.63 Å². The highest BCUT2D eigenvalue weighted by molar-refractivity contribution is 6.31. The van der Waals surface area contributed by atoms with Crippen molar-refractivity contribution in [2.45, 2.75) is 6.54 Å². The summed E-state index contributed by atoms with van der Waals surface area (Å²) in [5.74, 6) is -1.65. The summed E-state index contributed by atoms with van der Waals surface area (Å²) in [6.45, 7) is -0.0296. The van der Waals surface area contributed by atoms with Crippen LogP contribution in [-0.2, 0) is 16.0 Å². The Morgan fingerprint density at radius 1 is 1.19 bits per heavy atom. The molecule has 0 N–H and O–H groups in total. The van der Waals surface area contributed by atoms with Crippen LogP contribution in [0.2, 0.25) is 5.02 Å². The second-order valence-corrected chi connectivity index (χ2v) is 5.60. The van der Waals surface area contributed by atoms with Crippen LogP contribution in [0, 0.1) is 0 Å². The number of fused-ring (bicyclic) bond motifs is 1. The number of rotatable bonds is 4. The second-order valence-electron chi connectivity index (χ2n) is 5.16. The van der Waals surface area contributed by atoms with E-state index >= 15 is 0 Å². The van der Waals surface area contributed by atoms with Gasteiger partial charge in [-0.3, -0.25) is 0 Å². The predicted molar refractivity (Wildman–Crippen MR) is 89.3 cm³/mol. The fourth-order valence-corrected chi connectivity index (χ4v) is 2.61. The Morgan fingerprint density at radius 2 is 1.92 bits per heavy atom. The van der Waals surface area contributed by atoms with Crippen molar-refractivity contribution in [3.05, 3.63) is 56.7 Å². The number of hydrogen-bond donors (Lipinski definition) is 0. The Hall–Kier alpha value is -3.20. The molecule has 134 valence electrons. The topological polar surface area (TPSA) is 114 Å². The summed E-state index contributed by atoms with van der Waals surface area (Å²) in [4.78, 5) is 35.7. The van der Waals surface area contributed by atoms with E-state index in [2.05, 4.69) is 19.8 Å². The van der Waals surface area contributed by atoms with Gasteiger partial charge in [-0.15, -0.1) is 5.10 Å². The molecule has 0 aliphatic rings. The molecule has 0 bridgehead atoms. The summed E-state index contributed by atoms with van der Waals surface area (Å²) in [7, 11) is 2.32. The first-order chi connectivity index (χ1) is 12.4. The van der Waals surface area contributed by atoms with Crippen molar-refractivity contribution in [2.24, 2.45) is 0 Å². The van der Waals surface area contributed by atoms with Gasteiger partial charge in [0.15, 0.2) is 5.69 Å². The number of benzene rings is 1. The van der Waals surface area contributed by atoms with Crippen molar-refractivity contribution < 1.29 is 23.5 Å². The minimum absolute atomic E-state index is 0.0296. The number of halogens is 1. The zero-order chi connectivity index (χ0) is 18.8. The molecule has 0 atom stereocenters. The third-order valence-electron chi connectivity index (χ3n) is 3.60. The van der Waals surface area contributed by atoms with Gasteiger partial charge in [0.1, 0.15) is 5.58 Å². The lowest BCUT2D eigenvalue weighted by molar-refractivity contribution is 0.0544. The lowest BCUT2D eigenvalue weighted by atomic mass is 10.1. The van der Waals surface area contributed by atoms with E-state index in [4.69, 9.17) is 16.0 Å². The van der Waals surface area contributed by atoms with Crippen molar-refractivity contribution in [1.29, 1.82) is 0 Å². The molecule has 0 spiro atoms. The predicted octanol–water partition coefficient (Wildman–Crippen LogP) is 1.66. The number of carbonyl (C=O) groups is 2. The van der Waals surface area contributed by atoms with E-state index in [-0.39, 0.29) is 23.5 Å². The molecule has 0 unspecified atom stereocenters. The fraction of sp³-hybridized carbons (Fsp3) is 0.188. The van der Waals surface area contributed by atoms with Crippen LogP contribution in [0.3, 0.4) is 0 Å². The molecule has 1 aromatic carbocycles. The van der Waals surface area contributed by atoms with E-state index in [9.17, 15) is 14.4 Å². The second kappa shape index (κ2) is 6.96. The Morgan fingerprint density at radius 3 is 2.62 bits per heavy atom. The van der Waals surface area contributed by atoms with Gasteiger partial charge in [-0.2, -0.15) is 0 Å². The van der Waals surface area contributed by atoms with Gasteiger partial charge in [0, 0.05) is 22.5 Å². The van der Waals surface area contributed by atoms with Gasteiger partial charge in [-0.05, 0) is 17.7 Å². The standard InChI is InChI=1S/C16H12ClN3O6/c1-24-15(22)13-14(16(23)25-2)20(19-18-13)7-8-5-12(21)26-11-6-9(17)3-4-10(8)11/h3-6H,7H2,1-2H3. The molecule has 2 aromatic heterocycles. The molecule has 0 aliphatic heterocycles. The van der Waals surface area contributed by atoms with Crippen molar-refractivity contribution in [3.63, 3.8) is 0 Å². The van der Waals surface area contributed by atoms with Gasteiger partial charge in [0.05, 0.1) is 20.8 Å². The monoisotopic (exact) mass is 377 g/mol. The van der Waals surface area contributed by atoms with E-state index in [1.165, 1.54) is 12.1 Å². The summed E-state index contributed by atoms with van der Waals surface area (Å²) >= 11 is 5.92. The average molecular weight is 378 g/mol. The molecule has 2 heterocycles. The largest absolute Gasteiger partial charge is 0.464 e. The van der Waals surface area contributed by atoms with Gasteiger partial charge in [0.25, 0.3) is 0 Å². The smallest absolute Gasteiger partial charge is 0.361 e. The van der Waals surface area contributed by atoms with Crippen LogP contribution in [0.25, 0.3) is 11.0 Å². The highest BCUT2D eigenvalue weighted by Gasteiger charge is 2.27. The molecule has 0 fully saturated rings. The van der Waals surface area contributed by atoms with E-state index in [0.717, 1.165) is 18.9 Å². The lowest BCUT2D eigenvalue weighted by Crippen LogP contribution is -2.17. The molecular formula is C16H12ClN3O6. The molecule has 0 radical (unpaired) electrons. The maximum Gasteiger partial charge on any atom is 0.361 e. The molecule has 3 rings (SSSR count). The number of ether oxygens (including phenoxy) is 2. The summed E-state index contributed by atoms with van der Waals surface area (Å²) in [5, 5.41) is 8.50. The highest BCUT2D eigenvalue weighted by Crippen LogP contribution is 2.22. The average Bonchev–Trinajstić information content (AvgIpc) is 3.03. The summed E-state index contributed by atoms with van der Waals surface area (Å²) < 4.78 is 15.6. The van der Waals surface area contributed by atoms with Gasteiger partial charge in [0.2, 0.25) is 5.69 Å². The third kappa shape index (κ3) is 3.16. The molecule has 0 aliphatic carbocycles. The van der Waals surface area contributed by atoms with Crippen LogP contribution in [0.4, 0.5) is 0 Å². The summed E-state index contributed by atoms with van der Waals surface area (Å²) in [6, 6.07) is 6.07. The zero-order valence-electron chi connectivity index (χ0n) is 13.7. The molecule has 0 saturated heterocycles. The van der Waals surface area contributed by atoms with Gasteiger partial charge >= 0.3 is 17.6 Å². The minimum atomic E-state index is -0.833. The van der Waals surface area contributed by atoms with Gasteiger partial charge in [-0.1, -0.05) is 16.8 Å². The number of nitrogens with zero attached hydrogens (tertiary/aromatic N) is 3. The maximum atomic E-state index is 12.1. The maximum absolute atomic E-state index is 12.1. The first-order valence-electron chi connectivity index (χ1n) is 7.27. The number of aromatic nitrogens is 3. The highest BCUT2D eigenvalue weighted by atomic mass is 35.5. The summed E-state index contributed by atoms with van der Waals surface area (Å²) in [5.41, 5.74) is -0.278. The number of esters is 2. The number of carbonyl (C=O) groups excluding carboxylic acids is 2. The van der Waals surface area contributed by atoms with Crippen LogP contribution in [0.15, 0.2) is 33.5 Å². The van der Waals surface area contributed by atoms with Gasteiger partial charge in [-0.25, -0.2) is 19.1 Å². The van der Waals surface area contributed by atoms with E-state index in [0.29, 0.717) is 16.0 Å². The van der Waals surface area contributed by atoms with Crippen molar-refractivity contribution in [1.82, 2.24) is 15.0 Å². The van der Waals surface area contributed by atoms with Crippen LogP contribution in [0.1, 0.15) is 26.5 Å². The number of methoxy groups -OCH3 is 2. The van der Waals surface area contributed by atoms with Crippen LogP contribution >= 0.6 is 11.6 Å². The third-order valence-corrected chi connectivity index (χ3v) is 3.84. The first-order valence-corrected chi connectivity index (χ1v) is 7.64. The molecule has 10 heteroatoms. The Labute approximate surface area is 151 Å². The summed E-state index contributed by atoms with van der Waals surface area (Å²) in [6.07, 6.45) is 0. The normalized spacial score (nSPS) is 10.7. The first kappa shape index (κ1) is 17.6. The van der Waals surface area contributed by atoms with E-state index in [1.54, 1.807) is 12.1 Å². The van der Waals surface area contributed by atoms with E-state index < -0.39 is 17.6 Å².